The van der Waals surface area contributed by atoms with Crippen LogP contribution in [0.2, 0.25) is 5.02 Å². The van der Waals surface area contributed by atoms with Crippen LogP contribution in [0.1, 0.15) is 10.4 Å². The van der Waals surface area contributed by atoms with Gasteiger partial charge in [-0.1, -0.05) is 29.4 Å². The van der Waals surface area contributed by atoms with E-state index in [-0.39, 0.29) is 21.7 Å². The molecule has 0 atom stereocenters. The highest BCUT2D eigenvalue weighted by atomic mass is 35.5. The van der Waals surface area contributed by atoms with Gasteiger partial charge in [-0.15, -0.1) is 11.3 Å². The standard InChI is InChI=1S/C13H10ClF3N2OS2/c14-10-4-8(13(15,16)17)5-19-12(10)22-7-11(20)18-6-9-2-1-3-21-9/h1-5H,6-7H2,(H,18,20). The van der Waals surface area contributed by atoms with Gasteiger partial charge in [-0.05, 0) is 17.5 Å². The SMILES string of the molecule is O=C(CSc1ncc(C(F)(F)F)cc1Cl)NCc1cccs1. The van der Waals surface area contributed by atoms with Crippen LogP contribution in [0.3, 0.4) is 0 Å². The molecule has 0 aliphatic heterocycles. The molecule has 2 heterocycles. The van der Waals surface area contributed by atoms with E-state index in [9.17, 15) is 18.0 Å². The molecule has 0 radical (unpaired) electrons. The second kappa shape index (κ2) is 7.34. The van der Waals surface area contributed by atoms with Crippen LogP contribution in [-0.4, -0.2) is 16.6 Å². The molecule has 2 rings (SSSR count). The van der Waals surface area contributed by atoms with Crippen LogP contribution in [0.15, 0.2) is 34.8 Å². The van der Waals surface area contributed by atoms with Crippen molar-refractivity contribution in [3.63, 3.8) is 0 Å². The quantitative estimate of drug-likeness (QED) is 0.805. The van der Waals surface area contributed by atoms with Crippen molar-refractivity contribution in [2.75, 3.05) is 5.75 Å². The summed E-state index contributed by atoms with van der Waals surface area (Å²) in [4.78, 5) is 16.3. The summed E-state index contributed by atoms with van der Waals surface area (Å²) in [6, 6.07) is 4.58. The first kappa shape index (κ1) is 17.1. The van der Waals surface area contributed by atoms with E-state index >= 15 is 0 Å². The molecule has 0 aliphatic carbocycles. The number of carbonyl (C=O) groups excluding carboxylic acids is 1. The van der Waals surface area contributed by atoms with Crippen molar-refractivity contribution in [2.45, 2.75) is 17.7 Å². The normalized spacial score (nSPS) is 11.5. The molecule has 0 aromatic carbocycles. The van der Waals surface area contributed by atoms with Gasteiger partial charge in [0.2, 0.25) is 5.91 Å². The van der Waals surface area contributed by atoms with Crippen LogP contribution in [-0.2, 0) is 17.5 Å². The third-order valence-electron chi connectivity index (χ3n) is 2.51. The molecule has 1 N–H and O–H groups in total. The summed E-state index contributed by atoms with van der Waals surface area (Å²) < 4.78 is 37.4. The second-order valence-corrected chi connectivity index (χ2v) is 6.56. The van der Waals surface area contributed by atoms with E-state index < -0.39 is 11.7 Å². The highest BCUT2D eigenvalue weighted by molar-refractivity contribution is 8.00. The van der Waals surface area contributed by atoms with E-state index in [1.807, 2.05) is 17.5 Å². The molecule has 0 saturated heterocycles. The van der Waals surface area contributed by atoms with E-state index in [2.05, 4.69) is 10.3 Å². The maximum atomic E-state index is 12.5. The largest absolute Gasteiger partial charge is 0.417 e. The number of thiophene rings is 1. The number of nitrogens with one attached hydrogen (secondary N) is 1. The number of alkyl halides is 3. The summed E-state index contributed by atoms with van der Waals surface area (Å²) in [5, 5.41) is 4.69. The molecule has 0 saturated carbocycles. The lowest BCUT2D eigenvalue weighted by Gasteiger charge is -2.09. The van der Waals surface area contributed by atoms with Crippen molar-refractivity contribution in [1.29, 1.82) is 0 Å². The minimum Gasteiger partial charge on any atom is -0.350 e. The van der Waals surface area contributed by atoms with Gasteiger partial charge in [0.05, 0.1) is 22.9 Å². The smallest absolute Gasteiger partial charge is 0.350 e. The number of rotatable bonds is 5. The number of hydrogen-bond donors (Lipinski definition) is 1. The number of halogens is 4. The lowest BCUT2D eigenvalue weighted by molar-refractivity contribution is -0.137. The van der Waals surface area contributed by atoms with Gasteiger partial charge >= 0.3 is 6.18 Å². The Morgan fingerprint density at radius 2 is 2.23 bits per heavy atom. The van der Waals surface area contributed by atoms with E-state index in [1.54, 1.807) is 0 Å². The van der Waals surface area contributed by atoms with Crippen LogP contribution >= 0.6 is 34.7 Å². The fourth-order valence-electron chi connectivity index (χ4n) is 1.47. The lowest BCUT2D eigenvalue weighted by Crippen LogP contribution is -2.24. The molecule has 0 spiro atoms. The Labute approximate surface area is 137 Å². The van der Waals surface area contributed by atoms with Gasteiger partial charge in [-0.3, -0.25) is 4.79 Å². The molecule has 3 nitrogen and oxygen atoms in total. The van der Waals surface area contributed by atoms with Crippen LogP contribution in [0.25, 0.3) is 0 Å². The minimum absolute atomic E-state index is 0.0312. The summed E-state index contributed by atoms with van der Waals surface area (Å²) >= 11 is 8.28. The number of hydrogen-bond acceptors (Lipinski definition) is 4. The monoisotopic (exact) mass is 366 g/mol. The average molecular weight is 367 g/mol. The Morgan fingerprint density at radius 3 is 2.82 bits per heavy atom. The molecule has 118 valence electrons. The van der Waals surface area contributed by atoms with E-state index in [1.165, 1.54) is 11.3 Å². The molecule has 0 fully saturated rings. The minimum atomic E-state index is -4.49. The van der Waals surface area contributed by atoms with E-state index in [0.29, 0.717) is 12.7 Å². The van der Waals surface area contributed by atoms with Crippen molar-refractivity contribution in [1.82, 2.24) is 10.3 Å². The number of aromatic nitrogens is 1. The van der Waals surface area contributed by atoms with E-state index in [4.69, 9.17) is 11.6 Å². The third-order valence-corrected chi connectivity index (χ3v) is 4.80. The van der Waals surface area contributed by atoms with Crippen molar-refractivity contribution < 1.29 is 18.0 Å². The number of carbonyl (C=O) groups is 1. The van der Waals surface area contributed by atoms with E-state index in [0.717, 1.165) is 22.7 Å². The van der Waals surface area contributed by atoms with Crippen LogP contribution < -0.4 is 5.32 Å². The second-order valence-electron chi connectivity index (χ2n) is 4.15. The molecule has 2 aromatic rings. The highest BCUT2D eigenvalue weighted by Crippen LogP contribution is 2.33. The van der Waals surface area contributed by atoms with Gasteiger partial charge < -0.3 is 5.32 Å². The van der Waals surface area contributed by atoms with Crippen molar-refractivity contribution in [3.8, 4) is 0 Å². The maximum absolute atomic E-state index is 12.5. The summed E-state index contributed by atoms with van der Waals surface area (Å²) in [6.07, 6.45) is -3.78. The summed E-state index contributed by atoms with van der Waals surface area (Å²) in [6.45, 7) is 0.422. The summed E-state index contributed by atoms with van der Waals surface area (Å²) in [7, 11) is 0. The predicted molar refractivity (Wildman–Crippen MR) is 81.1 cm³/mol. The molecular formula is C13H10ClF3N2OS2. The first-order valence-electron chi connectivity index (χ1n) is 6.01. The first-order chi connectivity index (χ1) is 10.4. The number of pyridine rings is 1. The summed E-state index contributed by atoms with van der Waals surface area (Å²) in [5.41, 5.74) is -0.913. The number of nitrogens with zero attached hydrogens (tertiary/aromatic N) is 1. The van der Waals surface area contributed by atoms with Gasteiger partial charge in [-0.25, -0.2) is 4.98 Å². The van der Waals surface area contributed by atoms with Crippen molar-refractivity contribution in [3.05, 3.63) is 45.2 Å². The van der Waals surface area contributed by atoms with Gasteiger partial charge in [0.15, 0.2) is 0 Å². The molecule has 9 heteroatoms. The molecule has 22 heavy (non-hydrogen) atoms. The molecule has 0 unspecified atom stereocenters. The molecule has 0 bridgehead atoms. The van der Waals surface area contributed by atoms with Gasteiger partial charge in [0, 0.05) is 11.1 Å². The van der Waals surface area contributed by atoms with Crippen LogP contribution in [0.5, 0.6) is 0 Å². The zero-order valence-corrected chi connectivity index (χ0v) is 13.4. The Hall–Kier alpha value is -1.25. The Bertz CT molecular complexity index is 647. The molecular weight excluding hydrogens is 357 g/mol. The van der Waals surface area contributed by atoms with Crippen LogP contribution in [0.4, 0.5) is 13.2 Å². The lowest BCUT2D eigenvalue weighted by atomic mass is 10.3. The average Bonchev–Trinajstić information content (AvgIpc) is 2.96. The third kappa shape index (κ3) is 4.89. The van der Waals surface area contributed by atoms with Gasteiger partial charge in [0.1, 0.15) is 5.03 Å². The van der Waals surface area contributed by atoms with Gasteiger partial charge in [0.25, 0.3) is 0 Å². The van der Waals surface area contributed by atoms with Gasteiger partial charge in [-0.2, -0.15) is 13.2 Å². The zero-order valence-electron chi connectivity index (χ0n) is 11.0. The zero-order chi connectivity index (χ0) is 16.2. The highest BCUT2D eigenvalue weighted by Gasteiger charge is 2.31. The molecule has 1 amide bonds. The Morgan fingerprint density at radius 1 is 1.45 bits per heavy atom. The van der Waals surface area contributed by atoms with Crippen molar-refractivity contribution >= 4 is 40.6 Å². The Kier molecular flexibility index (Phi) is 5.71. The fraction of sp³-hybridized carbons (Fsp3) is 0.231. The predicted octanol–water partition coefficient (Wildman–Crippen LogP) is 4.22. The first-order valence-corrected chi connectivity index (χ1v) is 8.25. The van der Waals surface area contributed by atoms with Crippen molar-refractivity contribution in [2.24, 2.45) is 0 Å². The number of thioether (sulfide) groups is 1. The maximum Gasteiger partial charge on any atom is 0.417 e. The topological polar surface area (TPSA) is 42.0 Å². The fourth-order valence-corrected chi connectivity index (χ4v) is 3.14. The summed E-state index contributed by atoms with van der Waals surface area (Å²) in [5.74, 6) is -0.208. The molecule has 2 aromatic heterocycles. The number of amides is 1. The molecule has 0 aliphatic rings. The van der Waals surface area contributed by atoms with Crippen LogP contribution in [0, 0.1) is 0 Å². The Balaban J connectivity index is 1.87.